The fourth-order valence-electron chi connectivity index (χ4n) is 2.28. The second-order valence-corrected chi connectivity index (χ2v) is 4.99. The molecule has 2 N–H and O–H groups in total. The molecule has 21 heavy (non-hydrogen) atoms. The number of hydrogen-bond acceptors (Lipinski definition) is 5. The lowest BCUT2D eigenvalue weighted by Crippen LogP contribution is -2.22. The second-order valence-electron chi connectivity index (χ2n) is 4.99. The molecule has 3 rings (SSSR count). The highest BCUT2D eigenvalue weighted by Gasteiger charge is 2.11. The highest BCUT2D eigenvalue weighted by molar-refractivity contribution is 5.76. The van der Waals surface area contributed by atoms with Crippen molar-refractivity contribution < 1.29 is 4.42 Å². The van der Waals surface area contributed by atoms with Crippen molar-refractivity contribution in [3.05, 3.63) is 54.2 Å². The largest absolute Gasteiger partial charge is 0.439 e. The number of benzene rings is 1. The lowest BCUT2D eigenvalue weighted by Gasteiger charge is -2.18. The number of aromatic nitrogens is 2. The van der Waals surface area contributed by atoms with E-state index in [2.05, 4.69) is 21.8 Å². The van der Waals surface area contributed by atoms with Crippen LogP contribution in [0.25, 0.3) is 11.1 Å². The van der Waals surface area contributed by atoms with E-state index in [0.717, 1.165) is 24.2 Å². The minimum absolute atomic E-state index is 0.674. The van der Waals surface area contributed by atoms with Crippen molar-refractivity contribution in [3.8, 4) is 0 Å². The summed E-state index contributed by atoms with van der Waals surface area (Å²) in [5.74, 6) is 0.714. The molecule has 0 radical (unpaired) electrons. The maximum absolute atomic E-state index is 5.77. The Morgan fingerprint density at radius 2 is 1.95 bits per heavy atom. The van der Waals surface area contributed by atoms with E-state index in [1.165, 1.54) is 5.56 Å². The minimum Gasteiger partial charge on any atom is -0.439 e. The van der Waals surface area contributed by atoms with Crippen molar-refractivity contribution in [1.29, 1.82) is 0 Å². The van der Waals surface area contributed by atoms with E-state index in [9.17, 15) is 0 Å². The van der Waals surface area contributed by atoms with Crippen LogP contribution in [-0.2, 0) is 13.1 Å². The molecule has 2 aromatic heterocycles. The Morgan fingerprint density at radius 1 is 1.14 bits per heavy atom. The van der Waals surface area contributed by atoms with E-state index in [4.69, 9.17) is 10.2 Å². The normalized spacial score (nSPS) is 11.3. The van der Waals surface area contributed by atoms with Crippen molar-refractivity contribution in [1.82, 2.24) is 14.9 Å². The van der Waals surface area contributed by atoms with Gasteiger partial charge in [0.15, 0.2) is 5.58 Å². The van der Waals surface area contributed by atoms with Crippen molar-refractivity contribution in [2.75, 3.05) is 12.3 Å². The molecule has 0 amide bonds. The topological polar surface area (TPSA) is 68.2 Å². The van der Waals surface area contributed by atoms with Gasteiger partial charge in [-0.15, -0.1) is 0 Å². The Hall–Kier alpha value is -2.40. The molecular formula is C16H18N4O. The quantitative estimate of drug-likeness (QED) is 0.729. The van der Waals surface area contributed by atoms with Gasteiger partial charge in [0, 0.05) is 24.6 Å². The van der Waals surface area contributed by atoms with E-state index < -0.39 is 0 Å². The zero-order valence-corrected chi connectivity index (χ0v) is 12.0. The number of fused-ring (bicyclic) bond motifs is 1. The molecule has 0 aliphatic carbocycles. The third-order valence-electron chi connectivity index (χ3n) is 3.42. The lowest BCUT2D eigenvalue weighted by molar-refractivity contribution is 0.245. The molecule has 108 valence electrons. The number of nitrogens with zero attached hydrogens (tertiary/aromatic N) is 3. The van der Waals surface area contributed by atoms with Gasteiger partial charge in [-0.1, -0.05) is 6.92 Å². The monoisotopic (exact) mass is 282 g/mol. The van der Waals surface area contributed by atoms with Gasteiger partial charge in [-0.2, -0.15) is 0 Å². The maximum Gasteiger partial charge on any atom is 0.209 e. The zero-order valence-electron chi connectivity index (χ0n) is 12.0. The van der Waals surface area contributed by atoms with Crippen LogP contribution in [0.3, 0.4) is 0 Å². The van der Waals surface area contributed by atoms with Gasteiger partial charge < -0.3 is 10.2 Å². The first-order chi connectivity index (χ1) is 10.2. The first-order valence-electron chi connectivity index (χ1n) is 7.01. The molecule has 0 bridgehead atoms. The summed E-state index contributed by atoms with van der Waals surface area (Å²) >= 11 is 0. The van der Waals surface area contributed by atoms with Gasteiger partial charge in [-0.05, 0) is 42.4 Å². The van der Waals surface area contributed by atoms with Crippen LogP contribution >= 0.6 is 0 Å². The van der Waals surface area contributed by atoms with Crippen LogP contribution in [0, 0.1) is 0 Å². The summed E-state index contributed by atoms with van der Waals surface area (Å²) in [5, 5.41) is 0. The molecule has 0 aliphatic heterocycles. The molecule has 0 spiro atoms. The van der Waals surface area contributed by atoms with Crippen LogP contribution in [0.15, 0.2) is 47.1 Å². The van der Waals surface area contributed by atoms with Gasteiger partial charge in [0.05, 0.1) is 6.54 Å². The number of nitrogen functional groups attached to an aromatic ring is 1. The average Bonchev–Trinajstić information content (AvgIpc) is 2.89. The summed E-state index contributed by atoms with van der Waals surface area (Å²) < 4.78 is 5.77. The lowest BCUT2D eigenvalue weighted by atomic mass is 10.2. The molecule has 0 saturated heterocycles. The fraction of sp³-hybridized carbons (Fsp3) is 0.250. The number of hydrogen-bond donors (Lipinski definition) is 1. The summed E-state index contributed by atoms with van der Waals surface area (Å²) in [6.45, 7) is 4.57. The SMILES string of the molecule is CCN(Cc1ccncc1)Cc1nc2cc(N)ccc2o1. The van der Waals surface area contributed by atoms with Crippen LogP contribution < -0.4 is 5.73 Å². The summed E-state index contributed by atoms with van der Waals surface area (Å²) in [6.07, 6.45) is 3.62. The van der Waals surface area contributed by atoms with Gasteiger partial charge in [0.25, 0.3) is 0 Å². The van der Waals surface area contributed by atoms with E-state index >= 15 is 0 Å². The minimum atomic E-state index is 0.674. The molecule has 0 aliphatic rings. The van der Waals surface area contributed by atoms with Gasteiger partial charge in [-0.3, -0.25) is 9.88 Å². The molecule has 0 saturated carbocycles. The molecule has 5 nitrogen and oxygen atoms in total. The highest BCUT2D eigenvalue weighted by Crippen LogP contribution is 2.19. The Labute approximate surface area is 123 Å². The predicted molar refractivity (Wildman–Crippen MR) is 82.4 cm³/mol. The number of anilines is 1. The molecule has 2 heterocycles. The second kappa shape index (κ2) is 5.93. The number of pyridine rings is 1. The third-order valence-corrected chi connectivity index (χ3v) is 3.42. The van der Waals surface area contributed by atoms with Crippen LogP contribution in [0.4, 0.5) is 5.69 Å². The maximum atomic E-state index is 5.77. The standard InChI is InChI=1S/C16H18N4O/c1-2-20(10-12-5-7-18-8-6-12)11-16-19-14-9-13(17)3-4-15(14)21-16/h3-9H,2,10-11,17H2,1H3. The Balaban J connectivity index is 1.76. The van der Waals surface area contributed by atoms with Crippen molar-refractivity contribution >= 4 is 16.8 Å². The summed E-state index contributed by atoms with van der Waals surface area (Å²) in [6, 6.07) is 9.57. The molecule has 0 unspecified atom stereocenters. The van der Waals surface area contributed by atoms with E-state index in [-0.39, 0.29) is 0 Å². The molecule has 5 heteroatoms. The van der Waals surface area contributed by atoms with Crippen LogP contribution in [0.5, 0.6) is 0 Å². The number of oxazole rings is 1. The third kappa shape index (κ3) is 3.20. The molecule has 0 atom stereocenters. The van der Waals surface area contributed by atoms with E-state index in [0.29, 0.717) is 18.1 Å². The molecular weight excluding hydrogens is 264 g/mol. The van der Waals surface area contributed by atoms with E-state index in [1.54, 1.807) is 0 Å². The zero-order chi connectivity index (χ0) is 14.7. The van der Waals surface area contributed by atoms with Crippen molar-refractivity contribution in [2.45, 2.75) is 20.0 Å². The van der Waals surface area contributed by atoms with Gasteiger partial charge >= 0.3 is 0 Å². The first kappa shape index (κ1) is 13.6. The summed E-state index contributed by atoms with van der Waals surface area (Å²) in [4.78, 5) is 10.8. The average molecular weight is 282 g/mol. The fourth-order valence-corrected chi connectivity index (χ4v) is 2.28. The highest BCUT2D eigenvalue weighted by atomic mass is 16.3. The molecule has 1 aromatic carbocycles. The van der Waals surface area contributed by atoms with Gasteiger partial charge in [-0.25, -0.2) is 4.98 Å². The molecule has 3 aromatic rings. The Kier molecular flexibility index (Phi) is 3.83. The smallest absolute Gasteiger partial charge is 0.209 e. The van der Waals surface area contributed by atoms with Gasteiger partial charge in [0.2, 0.25) is 5.89 Å². The number of rotatable bonds is 5. The van der Waals surface area contributed by atoms with Crippen LogP contribution in [-0.4, -0.2) is 21.4 Å². The first-order valence-corrected chi connectivity index (χ1v) is 7.01. The van der Waals surface area contributed by atoms with Crippen LogP contribution in [0.2, 0.25) is 0 Å². The van der Waals surface area contributed by atoms with Crippen molar-refractivity contribution in [3.63, 3.8) is 0 Å². The Morgan fingerprint density at radius 3 is 2.71 bits per heavy atom. The van der Waals surface area contributed by atoms with E-state index in [1.807, 2.05) is 42.7 Å². The Bertz CT molecular complexity index is 723. The van der Waals surface area contributed by atoms with Crippen LogP contribution in [0.1, 0.15) is 18.4 Å². The van der Waals surface area contributed by atoms with Crippen molar-refractivity contribution in [2.24, 2.45) is 0 Å². The predicted octanol–water partition coefficient (Wildman–Crippen LogP) is 2.83. The van der Waals surface area contributed by atoms with Gasteiger partial charge in [0.1, 0.15) is 5.52 Å². The summed E-state index contributed by atoms with van der Waals surface area (Å²) in [5.41, 5.74) is 9.28. The number of nitrogens with two attached hydrogens (primary N) is 1. The summed E-state index contributed by atoms with van der Waals surface area (Å²) in [7, 11) is 0. The molecule has 0 fully saturated rings.